The lowest BCUT2D eigenvalue weighted by atomic mass is 9.94. The molecule has 0 bridgehead atoms. The number of nitrogens with one attached hydrogen (secondary N) is 2. The van der Waals surface area contributed by atoms with E-state index in [4.69, 9.17) is 16.7 Å². The van der Waals surface area contributed by atoms with Gasteiger partial charge in [-0.2, -0.15) is 0 Å². The Bertz CT molecular complexity index is 1210. The second-order valence-electron chi connectivity index (χ2n) is 8.93. The molecule has 6 heteroatoms. The molecule has 3 aromatic rings. The lowest BCUT2D eigenvalue weighted by Crippen LogP contribution is -2.38. The summed E-state index contributed by atoms with van der Waals surface area (Å²) >= 11 is 6.33. The van der Waals surface area contributed by atoms with Gasteiger partial charge in [-0.1, -0.05) is 48.0 Å². The quantitative estimate of drug-likeness (QED) is 0.356. The van der Waals surface area contributed by atoms with Crippen molar-refractivity contribution in [3.8, 4) is 11.1 Å². The van der Waals surface area contributed by atoms with Gasteiger partial charge in [-0.05, 0) is 92.6 Å². The van der Waals surface area contributed by atoms with Crippen molar-refractivity contribution in [3.63, 3.8) is 0 Å². The van der Waals surface area contributed by atoms with Gasteiger partial charge in [0.2, 0.25) is 0 Å². The van der Waals surface area contributed by atoms with E-state index in [-0.39, 0.29) is 11.9 Å². The van der Waals surface area contributed by atoms with Gasteiger partial charge in [0.15, 0.2) is 0 Å². The Kier molecular flexibility index (Phi) is 7.68. The predicted octanol–water partition coefficient (Wildman–Crippen LogP) is 6.62. The molecule has 0 aliphatic heterocycles. The van der Waals surface area contributed by atoms with Crippen LogP contribution in [0.3, 0.4) is 0 Å². The van der Waals surface area contributed by atoms with E-state index in [1.54, 1.807) is 0 Å². The molecule has 2 atom stereocenters. The van der Waals surface area contributed by atoms with Gasteiger partial charge in [-0.3, -0.25) is 9.59 Å². The minimum Gasteiger partial charge on any atom is -0.480 e. The van der Waals surface area contributed by atoms with Gasteiger partial charge in [0.1, 0.15) is 6.04 Å². The molecule has 34 heavy (non-hydrogen) atoms. The third-order valence-corrected chi connectivity index (χ3v) is 6.61. The molecule has 0 radical (unpaired) electrons. The van der Waals surface area contributed by atoms with Crippen molar-refractivity contribution in [1.82, 2.24) is 5.32 Å². The molecule has 178 valence electrons. The predicted molar refractivity (Wildman–Crippen MR) is 139 cm³/mol. The van der Waals surface area contributed by atoms with Gasteiger partial charge in [0.05, 0.1) is 0 Å². The standard InChI is InChI=1S/C28H31ClN2O3/c1-15-10-23(11-16(2)25(15)27(32)31-20(6)28(33)34)21-8-7-9-24(14-21)30-19(5)22-12-17(3)26(29)18(4)13-22/h7-14,19-20,30H,1-6H3,(H,31,32)(H,33,34)/t19-,20+/m1/s1. The first-order valence-electron chi connectivity index (χ1n) is 11.3. The number of carbonyl (C=O) groups excluding carboxylic acids is 1. The first kappa shape index (κ1) is 25.3. The first-order valence-corrected chi connectivity index (χ1v) is 11.6. The van der Waals surface area contributed by atoms with Crippen molar-refractivity contribution in [3.05, 3.63) is 86.9 Å². The normalized spacial score (nSPS) is 12.7. The minimum absolute atomic E-state index is 0.0932. The molecular weight excluding hydrogens is 448 g/mol. The molecule has 0 aliphatic carbocycles. The molecule has 0 heterocycles. The number of carboxylic acids is 1. The fraction of sp³-hybridized carbons (Fsp3) is 0.286. The van der Waals surface area contributed by atoms with Crippen LogP contribution in [0.25, 0.3) is 11.1 Å². The molecule has 0 saturated heterocycles. The maximum atomic E-state index is 12.6. The average molecular weight is 479 g/mol. The van der Waals surface area contributed by atoms with E-state index in [1.807, 2.05) is 58.0 Å². The summed E-state index contributed by atoms with van der Waals surface area (Å²) in [7, 11) is 0. The molecule has 3 N–H and O–H groups in total. The van der Waals surface area contributed by atoms with Gasteiger partial charge >= 0.3 is 5.97 Å². The Morgan fingerprint density at radius 1 is 0.853 bits per heavy atom. The summed E-state index contributed by atoms with van der Waals surface area (Å²) in [5.74, 6) is -1.45. The molecule has 0 unspecified atom stereocenters. The number of benzene rings is 3. The van der Waals surface area contributed by atoms with E-state index in [2.05, 4.69) is 35.8 Å². The van der Waals surface area contributed by atoms with Crippen LogP contribution < -0.4 is 10.6 Å². The van der Waals surface area contributed by atoms with E-state index in [0.29, 0.717) is 5.56 Å². The molecule has 1 amide bonds. The summed E-state index contributed by atoms with van der Waals surface area (Å²) in [5, 5.41) is 16.0. The van der Waals surface area contributed by atoms with Gasteiger partial charge in [-0.25, -0.2) is 0 Å². The topological polar surface area (TPSA) is 78.4 Å². The number of aliphatic carboxylic acids is 1. The molecule has 3 rings (SSSR count). The first-order chi connectivity index (χ1) is 16.0. The van der Waals surface area contributed by atoms with Crippen LogP contribution in [0.1, 0.15) is 58.1 Å². The summed E-state index contributed by atoms with van der Waals surface area (Å²) in [5.41, 5.74) is 8.40. The van der Waals surface area contributed by atoms with E-state index in [9.17, 15) is 9.59 Å². The highest BCUT2D eigenvalue weighted by atomic mass is 35.5. The Morgan fingerprint density at radius 3 is 2.00 bits per heavy atom. The van der Waals surface area contributed by atoms with Gasteiger partial charge in [0, 0.05) is 22.3 Å². The maximum absolute atomic E-state index is 12.6. The van der Waals surface area contributed by atoms with Crippen LogP contribution in [0.2, 0.25) is 5.02 Å². The van der Waals surface area contributed by atoms with Crippen molar-refractivity contribution in [2.24, 2.45) is 0 Å². The summed E-state index contributed by atoms with van der Waals surface area (Å²) in [6.45, 7) is 11.3. The lowest BCUT2D eigenvalue weighted by molar-refractivity contribution is -0.138. The maximum Gasteiger partial charge on any atom is 0.325 e. The minimum atomic E-state index is -1.07. The van der Waals surface area contributed by atoms with Gasteiger partial charge in [0.25, 0.3) is 5.91 Å². The molecular formula is C28H31ClN2O3. The van der Waals surface area contributed by atoms with E-state index in [0.717, 1.165) is 44.1 Å². The fourth-order valence-corrected chi connectivity index (χ4v) is 4.28. The second-order valence-corrected chi connectivity index (χ2v) is 9.31. The molecule has 0 aromatic heterocycles. The number of carboxylic acid groups (broad SMARTS) is 1. The Morgan fingerprint density at radius 2 is 1.44 bits per heavy atom. The molecule has 0 spiro atoms. The molecule has 0 fully saturated rings. The number of anilines is 1. The number of hydrogen-bond donors (Lipinski definition) is 3. The average Bonchev–Trinajstić information content (AvgIpc) is 2.76. The van der Waals surface area contributed by atoms with Crippen molar-refractivity contribution in [1.29, 1.82) is 0 Å². The molecule has 0 saturated carbocycles. The number of halogens is 1. The number of amides is 1. The fourth-order valence-electron chi connectivity index (χ4n) is 4.17. The van der Waals surface area contributed by atoms with E-state index >= 15 is 0 Å². The number of rotatable bonds is 7. The number of aryl methyl sites for hydroxylation is 4. The Balaban J connectivity index is 1.85. The largest absolute Gasteiger partial charge is 0.480 e. The van der Waals surface area contributed by atoms with Crippen LogP contribution in [-0.4, -0.2) is 23.0 Å². The lowest BCUT2D eigenvalue weighted by Gasteiger charge is -2.19. The van der Waals surface area contributed by atoms with Crippen LogP contribution in [-0.2, 0) is 4.79 Å². The Hall–Kier alpha value is -3.31. The molecule has 0 aliphatic rings. The zero-order valence-corrected chi connectivity index (χ0v) is 21.2. The van der Waals surface area contributed by atoms with Crippen molar-refractivity contribution >= 4 is 29.2 Å². The third kappa shape index (κ3) is 5.60. The van der Waals surface area contributed by atoms with Crippen molar-refractivity contribution in [2.75, 3.05) is 5.32 Å². The van der Waals surface area contributed by atoms with Crippen LogP contribution >= 0.6 is 11.6 Å². The zero-order chi connectivity index (χ0) is 25.2. The molecule has 3 aromatic carbocycles. The number of hydrogen-bond acceptors (Lipinski definition) is 3. The van der Waals surface area contributed by atoms with Crippen LogP contribution in [0, 0.1) is 27.7 Å². The van der Waals surface area contributed by atoms with E-state index in [1.165, 1.54) is 12.5 Å². The zero-order valence-electron chi connectivity index (χ0n) is 20.4. The molecule has 5 nitrogen and oxygen atoms in total. The van der Waals surface area contributed by atoms with Gasteiger partial charge < -0.3 is 15.7 Å². The van der Waals surface area contributed by atoms with Crippen LogP contribution in [0.15, 0.2) is 48.5 Å². The highest BCUT2D eigenvalue weighted by molar-refractivity contribution is 6.32. The number of carbonyl (C=O) groups is 2. The SMILES string of the molecule is Cc1cc([C@@H](C)Nc2cccc(-c3cc(C)c(C(=O)N[C@@H](C)C(=O)O)c(C)c3)c2)cc(C)c1Cl. The highest BCUT2D eigenvalue weighted by Crippen LogP contribution is 2.30. The second kappa shape index (κ2) is 10.3. The summed E-state index contributed by atoms with van der Waals surface area (Å²) < 4.78 is 0. The van der Waals surface area contributed by atoms with Crippen LogP contribution in [0.4, 0.5) is 5.69 Å². The highest BCUT2D eigenvalue weighted by Gasteiger charge is 2.19. The van der Waals surface area contributed by atoms with Crippen molar-refractivity contribution in [2.45, 2.75) is 53.6 Å². The smallest absolute Gasteiger partial charge is 0.325 e. The van der Waals surface area contributed by atoms with Crippen LogP contribution in [0.5, 0.6) is 0 Å². The Labute approximate surface area is 206 Å². The van der Waals surface area contributed by atoms with Crippen molar-refractivity contribution < 1.29 is 14.7 Å². The van der Waals surface area contributed by atoms with E-state index < -0.39 is 12.0 Å². The summed E-state index contributed by atoms with van der Waals surface area (Å²) in [4.78, 5) is 23.7. The summed E-state index contributed by atoms with van der Waals surface area (Å²) in [6.07, 6.45) is 0. The third-order valence-electron chi connectivity index (χ3n) is 6.02. The van der Waals surface area contributed by atoms with Gasteiger partial charge in [-0.15, -0.1) is 0 Å². The monoisotopic (exact) mass is 478 g/mol. The summed E-state index contributed by atoms with van der Waals surface area (Å²) in [6, 6.07) is 15.4.